The molecular formula is C20H21N3O4. The highest BCUT2D eigenvalue weighted by atomic mass is 16.6. The van der Waals surface area contributed by atoms with E-state index in [1.807, 2.05) is 32.0 Å². The molecule has 0 atom stereocenters. The smallest absolute Gasteiger partial charge is 0.269 e. The van der Waals surface area contributed by atoms with E-state index in [-0.39, 0.29) is 24.0 Å². The van der Waals surface area contributed by atoms with E-state index >= 15 is 0 Å². The highest BCUT2D eigenvalue weighted by Gasteiger charge is 2.12. The molecule has 2 rings (SSSR count). The molecule has 0 aromatic heterocycles. The summed E-state index contributed by atoms with van der Waals surface area (Å²) in [6.07, 6.45) is 2.87. The number of nitro groups is 1. The maximum atomic E-state index is 12.2. The third-order valence-corrected chi connectivity index (χ3v) is 4.16. The molecule has 0 fully saturated rings. The van der Waals surface area contributed by atoms with Crippen LogP contribution in [0.1, 0.15) is 16.7 Å². The molecule has 2 aromatic carbocycles. The molecule has 27 heavy (non-hydrogen) atoms. The summed E-state index contributed by atoms with van der Waals surface area (Å²) < 4.78 is 0. The zero-order valence-corrected chi connectivity index (χ0v) is 15.4. The van der Waals surface area contributed by atoms with Crippen molar-refractivity contribution in [2.24, 2.45) is 0 Å². The van der Waals surface area contributed by atoms with Crippen LogP contribution in [0.4, 0.5) is 11.4 Å². The summed E-state index contributed by atoms with van der Waals surface area (Å²) >= 11 is 0. The van der Waals surface area contributed by atoms with Gasteiger partial charge < -0.3 is 10.2 Å². The lowest BCUT2D eigenvalue weighted by Gasteiger charge is -2.16. The number of hydrogen-bond acceptors (Lipinski definition) is 4. The maximum Gasteiger partial charge on any atom is 0.269 e. The summed E-state index contributed by atoms with van der Waals surface area (Å²) in [5, 5.41) is 13.4. The quantitative estimate of drug-likeness (QED) is 0.481. The van der Waals surface area contributed by atoms with Gasteiger partial charge in [-0.1, -0.05) is 12.1 Å². The molecule has 0 saturated heterocycles. The van der Waals surface area contributed by atoms with Gasteiger partial charge >= 0.3 is 0 Å². The standard InChI is InChI=1S/C20H21N3O4/c1-14-5-4-6-18(15(14)2)21-19(24)13-22(3)20(25)12-9-16-7-10-17(11-8-16)23(26)27/h4-12H,13H2,1-3H3,(H,21,24)/b12-9+. The fraction of sp³-hybridized carbons (Fsp3) is 0.200. The molecule has 7 nitrogen and oxygen atoms in total. The first-order valence-corrected chi connectivity index (χ1v) is 8.31. The highest BCUT2D eigenvalue weighted by molar-refractivity contribution is 5.98. The average Bonchev–Trinajstić information content (AvgIpc) is 2.63. The average molecular weight is 367 g/mol. The van der Waals surface area contributed by atoms with Crippen LogP contribution in [0.25, 0.3) is 6.08 Å². The second-order valence-electron chi connectivity index (χ2n) is 6.17. The molecule has 0 radical (unpaired) electrons. The van der Waals surface area contributed by atoms with Crippen molar-refractivity contribution >= 4 is 29.3 Å². The molecule has 0 aliphatic rings. The number of carbonyl (C=O) groups is 2. The number of anilines is 1. The van der Waals surface area contributed by atoms with Crippen molar-refractivity contribution < 1.29 is 14.5 Å². The van der Waals surface area contributed by atoms with Gasteiger partial charge in [-0.05, 0) is 54.8 Å². The largest absolute Gasteiger partial charge is 0.333 e. The SMILES string of the molecule is Cc1cccc(NC(=O)CN(C)C(=O)/C=C/c2ccc([N+](=O)[O-])cc2)c1C. The monoisotopic (exact) mass is 367 g/mol. The van der Waals surface area contributed by atoms with Gasteiger partial charge in [-0.25, -0.2) is 0 Å². The number of amides is 2. The Hall–Kier alpha value is -3.48. The van der Waals surface area contributed by atoms with Crippen LogP contribution >= 0.6 is 0 Å². The van der Waals surface area contributed by atoms with E-state index in [4.69, 9.17) is 0 Å². The molecule has 0 unspecified atom stereocenters. The molecular weight excluding hydrogens is 346 g/mol. The number of likely N-dealkylation sites (N-methyl/N-ethyl adjacent to an activating group) is 1. The van der Waals surface area contributed by atoms with Gasteiger partial charge in [0.2, 0.25) is 11.8 Å². The van der Waals surface area contributed by atoms with Crippen molar-refractivity contribution in [2.45, 2.75) is 13.8 Å². The molecule has 2 amide bonds. The topological polar surface area (TPSA) is 92.6 Å². The number of aryl methyl sites for hydroxylation is 1. The lowest BCUT2D eigenvalue weighted by molar-refractivity contribution is -0.384. The Morgan fingerprint density at radius 1 is 1.15 bits per heavy atom. The Kier molecular flexibility index (Phi) is 6.43. The van der Waals surface area contributed by atoms with E-state index < -0.39 is 4.92 Å². The molecule has 2 aromatic rings. The number of non-ortho nitro benzene ring substituents is 1. The first-order valence-electron chi connectivity index (χ1n) is 8.31. The minimum atomic E-state index is -0.485. The molecule has 0 spiro atoms. The van der Waals surface area contributed by atoms with Gasteiger partial charge in [0, 0.05) is 30.9 Å². The van der Waals surface area contributed by atoms with Gasteiger partial charge in [0.1, 0.15) is 0 Å². The van der Waals surface area contributed by atoms with Crippen LogP contribution in [0.2, 0.25) is 0 Å². The summed E-state index contributed by atoms with van der Waals surface area (Å²) in [5.74, 6) is -0.632. The van der Waals surface area contributed by atoms with Crippen LogP contribution in [0.5, 0.6) is 0 Å². The number of rotatable bonds is 6. The fourth-order valence-corrected chi connectivity index (χ4v) is 2.37. The zero-order valence-electron chi connectivity index (χ0n) is 15.4. The third-order valence-electron chi connectivity index (χ3n) is 4.16. The van der Waals surface area contributed by atoms with Crippen molar-refractivity contribution in [3.8, 4) is 0 Å². The van der Waals surface area contributed by atoms with Crippen LogP contribution in [0.3, 0.4) is 0 Å². The summed E-state index contributed by atoms with van der Waals surface area (Å²) in [6.45, 7) is 3.80. The number of benzene rings is 2. The Labute approximate surface area is 157 Å². The minimum absolute atomic E-state index is 0.0151. The van der Waals surface area contributed by atoms with E-state index in [0.29, 0.717) is 5.56 Å². The summed E-state index contributed by atoms with van der Waals surface area (Å²) in [4.78, 5) is 35.8. The number of nitrogens with zero attached hydrogens (tertiary/aromatic N) is 2. The van der Waals surface area contributed by atoms with E-state index in [0.717, 1.165) is 16.8 Å². The van der Waals surface area contributed by atoms with Gasteiger partial charge in [-0.15, -0.1) is 0 Å². The number of nitro benzene ring substituents is 1. The van der Waals surface area contributed by atoms with E-state index in [1.54, 1.807) is 18.2 Å². The van der Waals surface area contributed by atoms with Gasteiger partial charge in [0.15, 0.2) is 0 Å². The number of hydrogen-bond donors (Lipinski definition) is 1. The molecule has 0 heterocycles. The van der Waals surface area contributed by atoms with Crippen LogP contribution in [0, 0.1) is 24.0 Å². The minimum Gasteiger partial charge on any atom is -0.333 e. The van der Waals surface area contributed by atoms with Crippen molar-refractivity contribution in [1.29, 1.82) is 0 Å². The summed E-state index contributed by atoms with van der Waals surface area (Å²) in [6, 6.07) is 11.5. The van der Waals surface area contributed by atoms with Crippen LogP contribution < -0.4 is 5.32 Å². The number of nitrogens with one attached hydrogen (secondary N) is 1. The van der Waals surface area contributed by atoms with Crippen molar-refractivity contribution in [1.82, 2.24) is 4.90 Å². The normalized spacial score (nSPS) is 10.6. The Morgan fingerprint density at radius 2 is 1.81 bits per heavy atom. The Morgan fingerprint density at radius 3 is 2.44 bits per heavy atom. The molecule has 0 aliphatic heterocycles. The lowest BCUT2D eigenvalue weighted by atomic mass is 10.1. The molecule has 1 N–H and O–H groups in total. The summed E-state index contributed by atoms with van der Waals surface area (Å²) in [5.41, 5.74) is 3.42. The first-order chi connectivity index (χ1) is 12.8. The second-order valence-corrected chi connectivity index (χ2v) is 6.17. The summed E-state index contributed by atoms with van der Waals surface area (Å²) in [7, 11) is 1.53. The van der Waals surface area contributed by atoms with Gasteiger partial charge in [0.25, 0.3) is 5.69 Å². The second kappa shape index (κ2) is 8.75. The van der Waals surface area contributed by atoms with Crippen LogP contribution in [0.15, 0.2) is 48.5 Å². The van der Waals surface area contributed by atoms with Gasteiger partial charge in [-0.2, -0.15) is 0 Å². The molecule has 0 saturated carbocycles. The lowest BCUT2D eigenvalue weighted by Crippen LogP contribution is -2.34. The van der Waals surface area contributed by atoms with Crippen LogP contribution in [-0.2, 0) is 9.59 Å². The van der Waals surface area contributed by atoms with E-state index in [2.05, 4.69) is 5.32 Å². The molecule has 0 bridgehead atoms. The number of carbonyl (C=O) groups excluding carboxylic acids is 2. The van der Waals surface area contributed by atoms with Crippen molar-refractivity contribution in [3.05, 3.63) is 75.3 Å². The third kappa shape index (κ3) is 5.50. The molecule has 7 heteroatoms. The highest BCUT2D eigenvalue weighted by Crippen LogP contribution is 2.18. The molecule has 140 valence electrons. The predicted octanol–water partition coefficient (Wildman–Crippen LogP) is 3.32. The predicted molar refractivity (Wildman–Crippen MR) is 104 cm³/mol. The van der Waals surface area contributed by atoms with E-state index in [9.17, 15) is 19.7 Å². The molecule has 0 aliphatic carbocycles. The van der Waals surface area contributed by atoms with Crippen LogP contribution in [-0.4, -0.2) is 35.2 Å². The Bertz CT molecular complexity index is 889. The van der Waals surface area contributed by atoms with Crippen molar-refractivity contribution in [3.63, 3.8) is 0 Å². The van der Waals surface area contributed by atoms with Gasteiger partial charge in [-0.3, -0.25) is 19.7 Å². The zero-order chi connectivity index (χ0) is 20.0. The maximum absolute atomic E-state index is 12.2. The van der Waals surface area contributed by atoms with Gasteiger partial charge in [0.05, 0.1) is 11.5 Å². The first kappa shape index (κ1) is 19.8. The van der Waals surface area contributed by atoms with Crippen molar-refractivity contribution in [2.75, 3.05) is 18.9 Å². The fourth-order valence-electron chi connectivity index (χ4n) is 2.37. The van der Waals surface area contributed by atoms with E-state index in [1.165, 1.54) is 30.2 Å². The Balaban J connectivity index is 1.93.